The number of ketones is 1. The molecule has 0 amide bonds. The highest BCUT2D eigenvalue weighted by Gasteiger charge is 2.29. The predicted octanol–water partition coefficient (Wildman–Crippen LogP) is 2.18. The molecule has 0 heterocycles. The molecule has 0 aliphatic rings. The molecule has 88 valence electrons. The van der Waals surface area contributed by atoms with Gasteiger partial charge in [0.15, 0.2) is 20.3 Å². The maximum atomic E-state index is 11.8. The van der Waals surface area contributed by atoms with E-state index in [-0.39, 0.29) is 5.75 Å². The number of benzene rings is 1. The zero-order valence-electron chi connectivity index (χ0n) is 9.10. The van der Waals surface area contributed by atoms with Crippen LogP contribution in [0.1, 0.15) is 22.8 Å². The van der Waals surface area contributed by atoms with E-state index in [9.17, 15) is 13.2 Å². The first-order valence-electron chi connectivity index (χ1n) is 4.85. The number of carbonyl (C=O) groups is 1. The van der Waals surface area contributed by atoms with Crippen molar-refractivity contribution < 1.29 is 13.2 Å². The summed E-state index contributed by atoms with van der Waals surface area (Å²) in [6.45, 7) is 3.35. The Balaban J connectivity index is 2.99. The average Bonchev–Trinajstić information content (AvgIpc) is 2.28. The molecule has 1 atom stereocenters. The lowest BCUT2D eigenvalue weighted by Crippen LogP contribution is -2.26. The first-order valence-corrected chi connectivity index (χ1v) is 7.00. The summed E-state index contributed by atoms with van der Waals surface area (Å²) in [5, 5.41) is 0. The largest absolute Gasteiger partial charge is 0.291 e. The van der Waals surface area contributed by atoms with Crippen molar-refractivity contribution in [3.8, 4) is 0 Å². The smallest absolute Gasteiger partial charge is 0.197 e. The summed E-state index contributed by atoms with van der Waals surface area (Å²) in [6, 6.07) is 6.65. The fourth-order valence-corrected chi connectivity index (χ4v) is 2.42. The summed E-state index contributed by atoms with van der Waals surface area (Å²) in [5.41, 5.74) is 1.32. The van der Waals surface area contributed by atoms with Gasteiger partial charge in [0.1, 0.15) is 0 Å². The molecule has 1 rings (SSSR count). The highest BCUT2D eigenvalue weighted by atomic mass is 35.5. The second kappa shape index (κ2) is 4.97. The van der Waals surface area contributed by atoms with E-state index in [2.05, 4.69) is 0 Å². The lowest BCUT2D eigenvalue weighted by atomic mass is 10.1. The maximum absolute atomic E-state index is 11.8. The van der Waals surface area contributed by atoms with Gasteiger partial charge in [0.25, 0.3) is 0 Å². The highest BCUT2D eigenvalue weighted by Crippen LogP contribution is 2.15. The Morgan fingerprint density at radius 3 is 2.25 bits per heavy atom. The van der Waals surface area contributed by atoms with Crippen LogP contribution in [0.25, 0.3) is 0 Å². The van der Waals surface area contributed by atoms with Gasteiger partial charge in [-0.05, 0) is 6.92 Å². The number of hydrogen-bond acceptors (Lipinski definition) is 3. The lowest BCUT2D eigenvalue weighted by molar-refractivity contribution is 0.101. The van der Waals surface area contributed by atoms with Gasteiger partial charge in [0.05, 0.1) is 0 Å². The van der Waals surface area contributed by atoms with E-state index in [0.717, 1.165) is 5.56 Å². The Kier molecular flexibility index (Phi) is 4.10. The van der Waals surface area contributed by atoms with Crippen LogP contribution in [-0.4, -0.2) is 24.7 Å². The molecule has 0 saturated carbocycles. The van der Waals surface area contributed by atoms with Gasteiger partial charge in [0, 0.05) is 11.3 Å². The van der Waals surface area contributed by atoms with E-state index in [0.29, 0.717) is 5.56 Å². The third-order valence-electron chi connectivity index (χ3n) is 2.26. The molecule has 0 spiro atoms. The summed E-state index contributed by atoms with van der Waals surface area (Å²) in [4.78, 5) is 11.8. The van der Waals surface area contributed by atoms with Crippen LogP contribution < -0.4 is 0 Å². The molecule has 0 radical (unpaired) electrons. The van der Waals surface area contributed by atoms with Gasteiger partial charge in [-0.2, -0.15) is 0 Å². The fraction of sp³-hybridized carbons (Fsp3) is 0.364. The lowest BCUT2D eigenvalue weighted by Gasteiger charge is -2.08. The first-order chi connectivity index (χ1) is 7.38. The number of sulfone groups is 1. The van der Waals surface area contributed by atoms with Gasteiger partial charge in [-0.3, -0.25) is 4.79 Å². The minimum Gasteiger partial charge on any atom is -0.291 e. The fourth-order valence-electron chi connectivity index (χ4n) is 1.16. The van der Waals surface area contributed by atoms with Crippen molar-refractivity contribution in [2.75, 3.05) is 5.75 Å². The topological polar surface area (TPSA) is 51.2 Å². The Labute approximate surface area is 100 Å². The zero-order chi connectivity index (χ0) is 12.3. The molecule has 5 heteroatoms. The molecule has 0 aliphatic carbocycles. The van der Waals surface area contributed by atoms with Gasteiger partial charge in [0.2, 0.25) is 0 Å². The van der Waals surface area contributed by atoms with E-state index >= 15 is 0 Å². The number of halogens is 1. The number of rotatable bonds is 4. The molecule has 1 aromatic carbocycles. The predicted molar refractivity (Wildman–Crippen MR) is 64.6 cm³/mol. The number of carbonyl (C=O) groups excluding carboxylic acids is 1. The summed E-state index contributed by atoms with van der Waals surface area (Å²) < 4.78 is 21.4. The molecule has 1 unspecified atom stereocenters. The second-order valence-electron chi connectivity index (χ2n) is 3.50. The van der Waals surface area contributed by atoms with Gasteiger partial charge in [-0.1, -0.05) is 48.4 Å². The molecule has 0 N–H and O–H groups in total. The van der Waals surface area contributed by atoms with Crippen LogP contribution >= 0.6 is 11.6 Å². The van der Waals surface area contributed by atoms with Gasteiger partial charge in [-0.15, -0.1) is 0 Å². The van der Waals surface area contributed by atoms with Gasteiger partial charge >= 0.3 is 0 Å². The zero-order valence-corrected chi connectivity index (χ0v) is 10.7. The Morgan fingerprint density at radius 1 is 1.31 bits per heavy atom. The van der Waals surface area contributed by atoms with E-state index in [4.69, 9.17) is 11.6 Å². The average molecular weight is 261 g/mol. The summed E-state index contributed by atoms with van der Waals surface area (Å²) >= 11 is 5.66. The molecule has 0 saturated heterocycles. The number of aryl methyl sites for hydroxylation is 1. The molecule has 0 aromatic heterocycles. The van der Waals surface area contributed by atoms with Crippen LogP contribution in [0.5, 0.6) is 0 Å². The van der Waals surface area contributed by atoms with Gasteiger partial charge < -0.3 is 0 Å². The quantitative estimate of drug-likeness (QED) is 0.616. The number of Topliss-reactive ketones (excluding diaryl/α,β-unsaturated/α-hetero) is 1. The molecule has 0 bridgehead atoms. The van der Waals surface area contributed by atoms with Crippen molar-refractivity contribution in [3.05, 3.63) is 35.4 Å². The van der Waals surface area contributed by atoms with Crippen LogP contribution in [0.2, 0.25) is 0 Å². The Morgan fingerprint density at radius 2 is 1.81 bits per heavy atom. The van der Waals surface area contributed by atoms with Crippen LogP contribution in [0.4, 0.5) is 0 Å². The number of hydrogen-bond donors (Lipinski definition) is 0. The van der Waals surface area contributed by atoms with Crippen molar-refractivity contribution in [2.45, 2.75) is 18.6 Å². The van der Waals surface area contributed by atoms with E-state index in [1.54, 1.807) is 24.3 Å². The van der Waals surface area contributed by atoms with E-state index in [1.165, 1.54) is 6.92 Å². The highest BCUT2D eigenvalue weighted by molar-refractivity contribution is 7.94. The molecular weight excluding hydrogens is 248 g/mol. The SMILES string of the molecule is CCS(=O)(=O)C(Cl)C(=O)c1ccc(C)cc1. The van der Waals surface area contributed by atoms with Crippen LogP contribution in [0.3, 0.4) is 0 Å². The minimum atomic E-state index is -3.54. The first kappa shape index (κ1) is 13.2. The van der Waals surface area contributed by atoms with Crippen molar-refractivity contribution in [2.24, 2.45) is 0 Å². The van der Waals surface area contributed by atoms with Crippen molar-refractivity contribution in [1.82, 2.24) is 0 Å². The van der Waals surface area contributed by atoms with E-state index < -0.39 is 20.3 Å². The second-order valence-corrected chi connectivity index (χ2v) is 6.57. The summed E-state index contributed by atoms with van der Waals surface area (Å²) in [6.07, 6.45) is 0. The third-order valence-corrected chi connectivity index (χ3v) is 4.92. The molecular formula is C11H13ClO3S. The van der Waals surface area contributed by atoms with Crippen molar-refractivity contribution in [3.63, 3.8) is 0 Å². The number of alkyl halides is 1. The van der Waals surface area contributed by atoms with Gasteiger partial charge in [-0.25, -0.2) is 8.42 Å². The van der Waals surface area contributed by atoms with Crippen molar-refractivity contribution in [1.29, 1.82) is 0 Å². The molecule has 16 heavy (non-hydrogen) atoms. The Hall–Kier alpha value is -0.870. The standard InChI is InChI=1S/C11H13ClO3S/c1-3-16(14,15)11(12)10(13)9-6-4-8(2)5-7-9/h4-7,11H,3H2,1-2H3. The van der Waals surface area contributed by atoms with Crippen LogP contribution in [0, 0.1) is 6.92 Å². The van der Waals surface area contributed by atoms with E-state index in [1.807, 2.05) is 6.92 Å². The van der Waals surface area contributed by atoms with Crippen LogP contribution in [0.15, 0.2) is 24.3 Å². The summed E-state index contributed by atoms with van der Waals surface area (Å²) in [5.74, 6) is -0.706. The molecule has 0 fully saturated rings. The third kappa shape index (κ3) is 2.83. The van der Waals surface area contributed by atoms with Crippen molar-refractivity contribution >= 4 is 27.2 Å². The normalized spacial score (nSPS) is 13.4. The minimum absolute atomic E-state index is 0.140. The monoisotopic (exact) mass is 260 g/mol. The summed E-state index contributed by atoms with van der Waals surface area (Å²) in [7, 11) is -3.54. The Bertz CT molecular complexity index is 476. The maximum Gasteiger partial charge on any atom is 0.197 e. The van der Waals surface area contributed by atoms with Crippen LogP contribution in [-0.2, 0) is 9.84 Å². The molecule has 1 aromatic rings. The molecule has 0 aliphatic heterocycles. The molecule has 3 nitrogen and oxygen atoms in total.